The van der Waals surface area contributed by atoms with Gasteiger partial charge in [0.15, 0.2) is 0 Å². The van der Waals surface area contributed by atoms with E-state index in [4.69, 9.17) is 4.74 Å². The number of aryl methyl sites for hydroxylation is 1. The first-order valence-corrected chi connectivity index (χ1v) is 4.85. The molecule has 0 atom stereocenters. The summed E-state index contributed by atoms with van der Waals surface area (Å²) in [5.41, 5.74) is 6.17. The van der Waals surface area contributed by atoms with E-state index in [-0.39, 0.29) is 5.91 Å². The van der Waals surface area contributed by atoms with Crippen molar-refractivity contribution in [1.82, 2.24) is 10.9 Å². The minimum atomic E-state index is -0.0246. The van der Waals surface area contributed by atoms with Crippen molar-refractivity contribution < 1.29 is 9.53 Å². The maximum Gasteiger partial charge on any atom is 0.234 e. The summed E-state index contributed by atoms with van der Waals surface area (Å²) in [7, 11) is 3.30. The molecule has 0 fully saturated rings. The predicted octanol–water partition coefficient (Wildman–Crippen LogP) is 0.878. The molecule has 1 aromatic carbocycles. The molecule has 1 amide bonds. The summed E-state index contributed by atoms with van der Waals surface area (Å²) >= 11 is 0. The lowest BCUT2D eigenvalue weighted by molar-refractivity contribution is -0.121. The predicted molar refractivity (Wildman–Crippen MR) is 58.5 cm³/mol. The van der Waals surface area contributed by atoms with Crippen LogP contribution in [0.3, 0.4) is 0 Å². The van der Waals surface area contributed by atoms with Crippen LogP contribution in [0, 0.1) is 0 Å². The van der Waals surface area contributed by atoms with E-state index in [0.717, 1.165) is 11.3 Å². The molecule has 1 aromatic rings. The van der Waals surface area contributed by atoms with Gasteiger partial charge in [0.1, 0.15) is 5.75 Å². The smallest absolute Gasteiger partial charge is 0.234 e. The van der Waals surface area contributed by atoms with E-state index in [9.17, 15) is 4.79 Å². The second-order valence-electron chi connectivity index (χ2n) is 3.11. The first-order chi connectivity index (χ1) is 7.27. The highest BCUT2D eigenvalue weighted by molar-refractivity contribution is 5.75. The maximum atomic E-state index is 11.2. The molecular formula is C11H16N2O2. The van der Waals surface area contributed by atoms with Gasteiger partial charge in [-0.15, -0.1) is 0 Å². The molecular weight excluding hydrogens is 192 g/mol. The summed E-state index contributed by atoms with van der Waals surface area (Å²) in [6.45, 7) is 0. The quantitative estimate of drug-likeness (QED) is 0.706. The van der Waals surface area contributed by atoms with Crippen LogP contribution in [0.5, 0.6) is 5.75 Å². The number of carbonyl (C=O) groups excluding carboxylic acids is 1. The molecule has 0 aromatic heterocycles. The van der Waals surface area contributed by atoms with Gasteiger partial charge in [0.05, 0.1) is 7.11 Å². The molecule has 0 saturated carbocycles. The van der Waals surface area contributed by atoms with Crippen molar-refractivity contribution in [1.29, 1.82) is 0 Å². The summed E-state index contributed by atoms with van der Waals surface area (Å²) in [5, 5.41) is 0. The molecule has 2 N–H and O–H groups in total. The zero-order chi connectivity index (χ0) is 11.1. The van der Waals surface area contributed by atoms with Crippen molar-refractivity contribution >= 4 is 5.91 Å². The molecule has 0 saturated heterocycles. The van der Waals surface area contributed by atoms with E-state index in [0.29, 0.717) is 12.8 Å². The average molecular weight is 208 g/mol. The molecule has 0 aliphatic heterocycles. The van der Waals surface area contributed by atoms with Crippen LogP contribution in [0.15, 0.2) is 24.3 Å². The van der Waals surface area contributed by atoms with E-state index < -0.39 is 0 Å². The third kappa shape index (κ3) is 3.59. The fourth-order valence-corrected chi connectivity index (χ4v) is 1.36. The Morgan fingerprint density at radius 3 is 2.80 bits per heavy atom. The Labute approximate surface area is 89.6 Å². The molecule has 1 rings (SSSR count). The number of carbonyl (C=O) groups is 1. The van der Waals surface area contributed by atoms with Gasteiger partial charge < -0.3 is 4.74 Å². The van der Waals surface area contributed by atoms with Gasteiger partial charge in [-0.2, -0.15) is 0 Å². The van der Waals surface area contributed by atoms with Gasteiger partial charge in [-0.1, -0.05) is 18.2 Å². The number of nitrogens with one attached hydrogen (secondary N) is 2. The number of amides is 1. The number of benzene rings is 1. The van der Waals surface area contributed by atoms with Crippen molar-refractivity contribution in [3.05, 3.63) is 29.8 Å². The van der Waals surface area contributed by atoms with Crippen molar-refractivity contribution in [3.8, 4) is 5.75 Å². The third-order valence-electron chi connectivity index (χ3n) is 2.08. The van der Waals surface area contributed by atoms with E-state index >= 15 is 0 Å². The number of rotatable bonds is 5. The largest absolute Gasteiger partial charge is 0.496 e. The highest BCUT2D eigenvalue weighted by Gasteiger charge is 2.04. The molecule has 0 bridgehead atoms. The number of para-hydroxylation sites is 1. The summed E-state index contributed by atoms with van der Waals surface area (Å²) < 4.78 is 5.19. The highest BCUT2D eigenvalue weighted by Crippen LogP contribution is 2.18. The topological polar surface area (TPSA) is 50.4 Å². The van der Waals surface area contributed by atoms with Crippen LogP contribution in [-0.2, 0) is 11.2 Å². The molecule has 0 heterocycles. The normalized spacial score (nSPS) is 9.73. The monoisotopic (exact) mass is 208 g/mol. The minimum Gasteiger partial charge on any atom is -0.496 e. The summed E-state index contributed by atoms with van der Waals surface area (Å²) in [5.74, 6) is 0.804. The lowest BCUT2D eigenvalue weighted by Gasteiger charge is -2.07. The van der Waals surface area contributed by atoms with E-state index in [2.05, 4.69) is 10.9 Å². The van der Waals surface area contributed by atoms with E-state index in [1.165, 1.54) is 0 Å². The van der Waals surface area contributed by atoms with Crippen molar-refractivity contribution in [2.24, 2.45) is 0 Å². The molecule has 4 heteroatoms. The van der Waals surface area contributed by atoms with Crippen LogP contribution in [0.25, 0.3) is 0 Å². The van der Waals surface area contributed by atoms with Gasteiger partial charge in [0.2, 0.25) is 5.91 Å². The van der Waals surface area contributed by atoms with Crippen LogP contribution in [0.1, 0.15) is 12.0 Å². The van der Waals surface area contributed by atoms with Crippen LogP contribution in [0.4, 0.5) is 0 Å². The lowest BCUT2D eigenvalue weighted by atomic mass is 10.1. The fourth-order valence-electron chi connectivity index (χ4n) is 1.36. The fraction of sp³-hybridized carbons (Fsp3) is 0.364. The van der Waals surface area contributed by atoms with Gasteiger partial charge in [-0.3, -0.25) is 10.2 Å². The average Bonchev–Trinajstić information content (AvgIpc) is 2.27. The number of hydrogen-bond acceptors (Lipinski definition) is 3. The molecule has 4 nitrogen and oxygen atoms in total. The van der Waals surface area contributed by atoms with Crippen LogP contribution >= 0.6 is 0 Å². The summed E-state index contributed by atoms with van der Waals surface area (Å²) in [4.78, 5) is 11.2. The number of ether oxygens (including phenoxy) is 1. The summed E-state index contributed by atoms with van der Waals surface area (Å²) in [6.07, 6.45) is 1.12. The van der Waals surface area contributed by atoms with Crippen molar-refractivity contribution in [2.45, 2.75) is 12.8 Å². The molecule has 0 aliphatic rings. The Bertz CT molecular complexity index is 326. The number of hydrogen-bond donors (Lipinski definition) is 2. The van der Waals surface area contributed by atoms with E-state index in [1.54, 1.807) is 14.2 Å². The summed E-state index contributed by atoms with van der Waals surface area (Å²) in [6, 6.07) is 7.71. The molecule has 0 spiro atoms. The Kier molecular flexibility index (Phi) is 4.63. The SMILES string of the molecule is CNNC(=O)CCc1ccccc1OC. The second kappa shape index (κ2) is 6.03. The lowest BCUT2D eigenvalue weighted by Crippen LogP contribution is -2.34. The third-order valence-corrected chi connectivity index (χ3v) is 2.08. The Hall–Kier alpha value is -1.55. The van der Waals surface area contributed by atoms with Crippen LogP contribution in [-0.4, -0.2) is 20.1 Å². The van der Waals surface area contributed by atoms with Gasteiger partial charge in [-0.05, 0) is 18.1 Å². The standard InChI is InChI=1S/C11H16N2O2/c1-12-13-11(14)8-7-9-5-3-4-6-10(9)15-2/h3-6,12H,7-8H2,1-2H3,(H,13,14). The Morgan fingerprint density at radius 2 is 2.13 bits per heavy atom. The minimum absolute atomic E-state index is 0.0246. The molecule has 82 valence electrons. The van der Waals surface area contributed by atoms with Crippen LogP contribution in [0.2, 0.25) is 0 Å². The second-order valence-corrected chi connectivity index (χ2v) is 3.11. The zero-order valence-electron chi connectivity index (χ0n) is 9.04. The maximum absolute atomic E-state index is 11.2. The molecule has 0 aliphatic carbocycles. The van der Waals surface area contributed by atoms with Gasteiger partial charge in [0, 0.05) is 13.5 Å². The Balaban J connectivity index is 2.53. The van der Waals surface area contributed by atoms with Gasteiger partial charge in [0.25, 0.3) is 0 Å². The van der Waals surface area contributed by atoms with Crippen molar-refractivity contribution in [3.63, 3.8) is 0 Å². The number of hydrazine groups is 1. The zero-order valence-corrected chi connectivity index (χ0v) is 9.04. The van der Waals surface area contributed by atoms with E-state index in [1.807, 2.05) is 24.3 Å². The Morgan fingerprint density at radius 1 is 1.40 bits per heavy atom. The number of methoxy groups -OCH3 is 1. The molecule has 0 radical (unpaired) electrons. The van der Waals surface area contributed by atoms with Gasteiger partial charge >= 0.3 is 0 Å². The first-order valence-electron chi connectivity index (χ1n) is 4.85. The first kappa shape index (κ1) is 11.5. The highest BCUT2D eigenvalue weighted by atomic mass is 16.5. The molecule has 0 unspecified atom stereocenters. The van der Waals surface area contributed by atoms with Crippen molar-refractivity contribution in [2.75, 3.05) is 14.2 Å². The van der Waals surface area contributed by atoms with Gasteiger partial charge in [-0.25, -0.2) is 5.43 Å². The molecule has 15 heavy (non-hydrogen) atoms. The van der Waals surface area contributed by atoms with Crippen LogP contribution < -0.4 is 15.6 Å².